The zero-order valence-corrected chi connectivity index (χ0v) is 15.7. The Labute approximate surface area is 165 Å². The van der Waals surface area contributed by atoms with E-state index in [1.165, 1.54) is 19.1 Å². The molecule has 3 aromatic carbocycles. The highest BCUT2D eigenvalue weighted by Crippen LogP contribution is 2.32. The van der Waals surface area contributed by atoms with Gasteiger partial charge >= 0.3 is 5.97 Å². The number of carbonyl (C=O) groups is 1. The standard InChI is InChI=1S/C22H16N2O5/c1-13-5-3-4-6-17(13)22(23-29-14(2)25)15-7-9-20-18(11-15)19-12-16(24(26)27)8-10-21(19)28-20/h3-12H,1-2H3/b23-22-. The van der Waals surface area contributed by atoms with Gasteiger partial charge in [-0.3, -0.25) is 10.1 Å². The van der Waals surface area contributed by atoms with Crippen LogP contribution in [-0.4, -0.2) is 16.6 Å². The predicted octanol–water partition coefficient (Wildman–Crippen LogP) is 5.12. The number of nitro benzene ring substituents is 1. The second kappa shape index (κ2) is 7.20. The minimum atomic E-state index is -0.526. The summed E-state index contributed by atoms with van der Waals surface area (Å²) in [6, 6.07) is 17.5. The molecule has 0 saturated heterocycles. The van der Waals surface area contributed by atoms with Gasteiger partial charge in [0, 0.05) is 41.0 Å². The fourth-order valence-electron chi connectivity index (χ4n) is 3.23. The average Bonchev–Trinajstić information content (AvgIpc) is 3.06. The van der Waals surface area contributed by atoms with Crippen molar-refractivity contribution in [3.63, 3.8) is 0 Å². The smallest absolute Gasteiger partial charge is 0.332 e. The number of nitrogens with zero attached hydrogens (tertiary/aromatic N) is 2. The zero-order valence-electron chi connectivity index (χ0n) is 15.7. The quantitative estimate of drug-likeness (QED) is 0.209. The van der Waals surface area contributed by atoms with Crippen molar-refractivity contribution in [1.29, 1.82) is 0 Å². The number of carbonyl (C=O) groups excluding carboxylic acids is 1. The summed E-state index contributed by atoms with van der Waals surface area (Å²) >= 11 is 0. The Morgan fingerprint density at radius 1 is 1.03 bits per heavy atom. The van der Waals surface area contributed by atoms with Crippen LogP contribution in [0.3, 0.4) is 0 Å². The maximum atomic E-state index is 11.3. The third kappa shape index (κ3) is 3.45. The number of non-ortho nitro benzene ring substituents is 1. The lowest BCUT2D eigenvalue weighted by atomic mass is 9.97. The summed E-state index contributed by atoms with van der Waals surface area (Å²) in [4.78, 5) is 27.0. The van der Waals surface area contributed by atoms with Crippen LogP contribution in [0, 0.1) is 17.0 Å². The first-order valence-corrected chi connectivity index (χ1v) is 8.86. The molecule has 0 fully saturated rings. The third-order valence-corrected chi connectivity index (χ3v) is 4.60. The highest BCUT2D eigenvalue weighted by molar-refractivity contribution is 6.16. The molecule has 4 aromatic rings. The Morgan fingerprint density at radius 3 is 2.41 bits per heavy atom. The molecule has 1 heterocycles. The van der Waals surface area contributed by atoms with E-state index < -0.39 is 10.9 Å². The van der Waals surface area contributed by atoms with Crippen LogP contribution in [0.4, 0.5) is 5.69 Å². The van der Waals surface area contributed by atoms with Gasteiger partial charge < -0.3 is 9.25 Å². The Bertz CT molecular complexity index is 1300. The minimum Gasteiger partial charge on any atom is -0.456 e. The van der Waals surface area contributed by atoms with Crippen molar-refractivity contribution < 1.29 is 19.0 Å². The monoisotopic (exact) mass is 388 g/mol. The first kappa shape index (κ1) is 18.4. The number of hydrogen-bond donors (Lipinski definition) is 0. The molecule has 0 aliphatic carbocycles. The number of oxime groups is 1. The number of fused-ring (bicyclic) bond motifs is 3. The van der Waals surface area contributed by atoms with E-state index in [2.05, 4.69) is 5.16 Å². The number of hydrogen-bond acceptors (Lipinski definition) is 6. The van der Waals surface area contributed by atoms with Crippen molar-refractivity contribution in [3.05, 3.63) is 87.5 Å². The molecule has 0 atom stereocenters. The van der Waals surface area contributed by atoms with E-state index in [1.54, 1.807) is 12.1 Å². The summed E-state index contributed by atoms with van der Waals surface area (Å²) in [6.45, 7) is 3.22. The molecule has 0 amide bonds. The van der Waals surface area contributed by atoms with Crippen LogP contribution in [0.1, 0.15) is 23.6 Å². The summed E-state index contributed by atoms with van der Waals surface area (Å²) in [5, 5.41) is 16.6. The van der Waals surface area contributed by atoms with Gasteiger partial charge in [0.2, 0.25) is 0 Å². The maximum absolute atomic E-state index is 11.3. The SMILES string of the molecule is CC(=O)O/N=C(/c1ccc2oc3ccc([N+](=O)[O-])cc3c2c1)c1ccccc1C. The summed E-state index contributed by atoms with van der Waals surface area (Å²) < 4.78 is 5.80. The Hall–Kier alpha value is -4.00. The molecule has 0 unspecified atom stereocenters. The fourth-order valence-corrected chi connectivity index (χ4v) is 3.23. The second-order valence-corrected chi connectivity index (χ2v) is 6.59. The zero-order chi connectivity index (χ0) is 20.5. The summed E-state index contributed by atoms with van der Waals surface area (Å²) in [5.41, 5.74) is 4.09. The molecule has 0 bridgehead atoms. The first-order chi connectivity index (χ1) is 13.9. The van der Waals surface area contributed by atoms with E-state index in [4.69, 9.17) is 9.25 Å². The van der Waals surface area contributed by atoms with Crippen LogP contribution in [0.2, 0.25) is 0 Å². The summed E-state index contributed by atoms with van der Waals surface area (Å²) in [6.07, 6.45) is 0. The molecular weight excluding hydrogens is 372 g/mol. The lowest BCUT2D eigenvalue weighted by molar-refractivity contribution is -0.384. The molecule has 0 spiro atoms. The molecule has 0 radical (unpaired) electrons. The van der Waals surface area contributed by atoms with Gasteiger partial charge in [0.15, 0.2) is 0 Å². The van der Waals surface area contributed by atoms with E-state index in [9.17, 15) is 14.9 Å². The van der Waals surface area contributed by atoms with E-state index >= 15 is 0 Å². The number of aryl methyl sites for hydroxylation is 1. The summed E-state index contributed by atoms with van der Waals surface area (Å²) in [7, 11) is 0. The molecule has 29 heavy (non-hydrogen) atoms. The maximum Gasteiger partial charge on any atom is 0.332 e. The van der Waals surface area contributed by atoms with Crippen LogP contribution < -0.4 is 0 Å². The molecule has 0 aliphatic heterocycles. The lowest BCUT2D eigenvalue weighted by Crippen LogP contribution is -2.07. The van der Waals surface area contributed by atoms with Crippen molar-refractivity contribution in [2.45, 2.75) is 13.8 Å². The van der Waals surface area contributed by atoms with E-state index in [0.29, 0.717) is 33.2 Å². The van der Waals surface area contributed by atoms with Crippen LogP contribution >= 0.6 is 0 Å². The van der Waals surface area contributed by atoms with Gasteiger partial charge in [0.1, 0.15) is 16.9 Å². The summed E-state index contributed by atoms with van der Waals surface area (Å²) in [5.74, 6) is -0.526. The van der Waals surface area contributed by atoms with Gasteiger partial charge in [-0.1, -0.05) is 29.4 Å². The van der Waals surface area contributed by atoms with Crippen molar-refractivity contribution >= 4 is 39.3 Å². The molecule has 0 aliphatic rings. The highest BCUT2D eigenvalue weighted by atomic mass is 16.7. The van der Waals surface area contributed by atoms with Crippen molar-refractivity contribution in [1.82, 2.24) is 0 Å². The van der Waals surface area contributed by atoms with Crippen LogP contribution in [0.25, 0.3) is 21.9 Å². The second-order valence-electron chi connectivity index (χ2n) is 6.59. The fraction of sp³-hybridized carbons (Fsp3) is 0.0909. The lowest BCUT2D eigenvalue weighted by Gasteiger charge is -2.09. The molecule has 7 nitrogen and oxygen atoms in total. The molecule has 7 heteroatoms. The van der Waals surface area contributed by atoms with Crippen LogP contribution in [-0.2, 0) is 9.63 Å². The third-order valence-electron chi connectivity index (χ3n) is 4.60. The molecule has 4 rings (SSSR count). The first-order valence-electron chi connectivity index (χ1n) is 8.86. The number of benzene rings is 3. The van der Waals surface area contributed by atoms with Crippen molar-refractivity contribution in [2.75, 3.05) is 0 Å². The van der Waals surface area contributed by atoms with E-state index in [-0.39, 0.29) is 5.69 Å². The normalized spacial score (nSPS) is 11.7. The average molecular weight is 388 g/mol. The highest BCUT2D eigenvalue weighted by Gasteiger charge is 2.16. The van der Waals surface area contributed by atoms with Gasteiger partial charge in [-0.05, 0) is 36.8 Å². The molecule has 0 saturated carbocycles. The molecule has 1 aromatic heterocycles. The van der Waals surface area contributed by atoms with Crippen molar-refractivity contribution in [3.8, 4) is 0 Å². The van der Waals surface area contributed by atoms with Crippen LogP contribution in [0.5, 0.6) is 0 Å². The minimum absolute atomic E-state index is 0.0155. The topological polar surface area (TPSA) is 94.9 Å². The molecular formula is C22H16N2O5. The number of rotatable bonds is 4. The van der Waals surface area contributed by atoms with Gasteiger partial charge in [-0.15, -0.1) is 0 Å². The Kier molecular flexibility index (Phi) is 4.56. The van der Waals surface area contributed by atoms with E-state index in [0.717, 1.165) is 11.1 Å². The van der Waals surface area contributed by atoms with Gasteiger partial charge in [0.05, 0.1) is 4.92 Å². The van der Waals surface area contributed by atoms with Crippen LogP contribution in [0.15, 0.2) is 70.2 Å². The predicted molar refractivity (Wildman–Crippen MR) is 109 cm³/mol. The number of nitro groups is 1. The molecule has 0 N–H and O–H groups in total. The van der Waals surface area contributed by atoms with Gasteiger partial charge in [0.25, 0.3) is 5.69 Å². The molecule has 144 valence electrons. The van der Waals surface area contributed by atoms with Gasteiger partial charge in [-0.25, -0.2) is 4.79 Å². The largest absolute Gasteiger partial charge is 0.456 e. The van der Waals surface area contributed by atoms with Crippen molar-refractivity contribution in [2.24, 2.45) is 5.16 Å². The Balaban J connectivity index is 1.94. The number of furan rings is 1. The van der Waals surface area contributed by atoms with Gasteiger partial charge in [-0.2, -0.15) is 0 Å². The van der Waals surface area contributed by atoms with E-state index in [1.807, 2.05) is 43.3 Å². The Morgan fingerprint density at radius 2 is 1.72 bits per heavy atom.